The fourth-order valence-corrected chi connectivity index (χ4v) is 1.12. The molecule has 8 heteroatoms. The molecule has 0 saturated heterocycles. The molecule has 0 bridgehead atoms. The van der Waals surface area contributed by atoms with Crippen LogP contribution in [0.25, 0.3) is 0 Å². The number of methoxy groups -OCH3 is 1. The van der Waals surface area contributed by atoms with Crippen LogP contribution in [0.5, 0.6) is 0 Å². The summed E-state index contributed by atoms with van der Waals surface area (Å²) in [4.78, 5) is 22.5. The van der Waals surface area contributed by atoms with E-state index in [1.165, 1.54) is 7.11 Å². The van der Waals surface area contributed by atoms with Gasteiger partial charge in [-0.3, -0.25) is 10.2 Å². The predicted molar refractivity (Wildman–Crippen MR) is 73.6 cm³/mol. The van der Waals surface area contributed by atoms with E-state index in [1.807, 2.05) is 0 Å². The lowest BCUT2D eigenvalue weighted by atomic mass is 10.1. The molecule has 1 amide bonds. The van der Waals surface area contributed by atoms with Gasteiger partial charge in [-0.2, -0.15) is 0 Å². The van der Waals surface area contributed by atoms with E-state index in [-0.39, 0.29) is 31.1 Å². The molecule has 19 heavy (non-hydrogen) atoms. The molecule has 0 aromatic heterocycles. The zero-order valence-electron chi connectivity index (χ0n) is 11.6. The van der Waals surface area contributed by atoms with Crippen molar-refractivity contribution in [1.82, 2.24) is 5.32 Å². The van der Waals surface area contributed by atoms with Crippen molar-refractivity contribution in [2.45, 2.75) is 45.3 Å². The maximum Gasteiger partial charge on any atom is 0.408 e. The van der Waals surface area contributed by atoms with Crippen molar-refractivity contribution in [3.05, 3.63) is 0 Å². The van der Waals surface area contributed by atoms with Gasteiger partial charge in [-0.25, -0.2) is 4.79 Å². The smallest absolute Gasteiger partial charge is 0.408 e. The number of esters is 1. The molecule has 4 N–H and O–H groups in total. The number of ether oxygens (including phenoxy) is 2. The standard InChI is InChI=1S/C11H21N3O4.ClH/c1-11(2,3)18-10(16)14-7(9(12)13)5-6-8(15)17-4;/h7H,5-6H2,1-4H3,(H3,12,13)(H,14,16);1H. The van der Waals surface area contributed by atoms with Crippen molar-refractivity contribution < 1.29 is 19.1 Å². The first-order chi connectivity index (χ1) is 8.15. The van der Waals surface area contributed by atoms with Gasteiger partial charge in [-0.05, 0) is 27.2 Å². The van der Waals surface area contributed by atoms with Gasteiger partial charge in [-0.1, -0.05) is 0 Å². The second-order valence-corrected chi connectivity index (χ2v) is 4.77. The van der Waals surface area contributed by atoms with E-state index in [9.17, 15) is 9.59 Å². The van der Waals surface area contributed by atoms with Gasteiger partial charge in [0.05, 0.1) is 13.2 Å². The Balaban J connectivity index is 0. The van der Waals surface area contributed by atoms with Crippen LogP contribution in [0.3, 0.4) is 0 Å². The molecule has 0 aliphatic heterocycles. The Labute approximate surface area is 119 Å². The van der Waals surface area contributed by atoms with Crippen LogP contribution in [0.2, 0.25) is 0 Å². The van der Waals surface area contributed by atoms with Gasteiger partial charge in [0, 0.05) is 6.42 Å². The minimum absolute atomic E-state index is 0. The highest BCUT2D eigenvalue weighted by Crippen LogP contribution is 2.07. The number of hydrogen-bond acceptors (Lipinski definition) is 5. The van der Waals surface area contributed by atoms with E-state index in [0.29, 0.717) is 0 Å². The highest BCUT2D eigenvalue weighted by atomic mass is 35.5. The zero-order chi connectivity index (χ0) is 14.3. The third-order valence-corrected chi connectivity index (χ3v) is 1.93. The highest BCUT2D eigenvalue weighted by molar-refractivity contribution is 5.87. The molecular formula is C11H22ClN3O4. The molecule has 0 spiro atoms. The van der Waals surface area contributed by atoms with Crippen LogP contribution in [0.4, 0.5) is 4.79 Å². The number of carbonyl (C=O) groups is 2. The Bertz CT molecular complexity index is 328. The van der Waals surface area contributed by atoms with Crippen LogP contribution in [0.15, 0.2) is 0 Å². The summed E-state index contributed by atoms with van der Waals surface area (Å²) in [6.45, 7) is 5.18. The number of amides is 1. The number of amidine groups is 1. The number of nitrogens with one attached hydrogen (secondary N) is 2. The van der Waals surface area contributed by atoms with Crippen molar-refractivity contribution in [3.63, 3.8) is 0 Å². The average molecular weight is 296 g/mol. The van der Waals surface area contributed by atoms with Gasteiger partial charge >= 0.3 is 12.1 Å². The number of nitrogens with two attached hydrogens (primary N) is 1. The fourth-order valence-electron chi connectivity index (χ4n) is 1.12. The molecule has 7 nitrogen and oxygen atoms in total. The molecule has 0 aliphatic carbocycles. The largest absolute Gasteiger partial charge is 0.469 e. The summed E-state index contributed by atoms with van der Waals surface area (Å²) in [5.74, 6) is -0.656. The summed E-state index contributed by atoms with van der Waals surface area (Å²) >= 11 is 0. The zero-order valence-corrected chi connectivity index (χ0v) is 12.4. The van der Waals surface area contributed by atoms with Crippen LogP contribution < -0.4 is 11.1 Å². The molecule has 0 aliphatic rings. The number of carbonyl (C=O) groups excluding carboxylic acids is 2. The summed E-state index contributed by atoms with van der Waals surface area (Å²) in [6, 6.07) is -0.737. The lowest BCUT2D eigenvalue weighted by Gasteiger charge is -2.22. The van der Waals surface area contributed by atoms with E-state index in [2.05, 4.69) is 10.1 Å². The van der Waals surface area contributed by atoms with E-state index < -0.39 is 23.7 Å². The Morgan fingerprint density at radius 3 is 2.26 bits per heavy atom. The molecule has 0 fully saturated rings. The molecule has 1 unspecified atom stereocenters. The SMILES string of the molecule is COC(=O)CCC(NC(=O)OC(C)(C)C)C(=N)N.Cl. The van der Waals surface area contributed by atoms with Crippen molar-refractivity contribution in [3.8, 4) is 0 Å². The number of rotatable bonds is 5. The first kappa shape index (κ1) is 19.8. The summed E-state index contributed by atoms with van der Waals surface area (Å²) in [5, 5.41) is 9.77. The van der Waals surface area contributed by atoms with E-state index in [0.717, 1.165) is 0 Å². The van der Waals surface area contributed by atoms with E-state index in [4.69, 9.17) is 15.9 Å². The maximum absolute atomic E-state index is 11.5. The Morgan fingerprint density at radius 1 is 1.37 bits per heavy atom. The third-order valence-electron chi connectivity index (χ3n) is 1.93. The summed E-state index contributed by atoms with van der Waals surface area (Å²) in [5.41, 5.74) is 4.71. The molecule has 0 heterocycles. The molecule has 0 saturated carbocycles. The van der Waals surface area contributed by atoms with Crippen molar-refractivity contribution >= 4 is 30.3 Å². The van der Waals surface area contributed by atoms with Crippen molar-refractivity contribution in [1.29, 1.82) is 5.41 Å². The second-order valence-electron chi connectivity index (χ2n) is 4.77. The number of halogens is 1. The number of alkyl carbamates (subject to hydrolysis) is 1. The van der Waals surface area contributed by atoms with Gasteiger partial charge < -0.3 is 20.5 Å². The third kappa shape index (κ3) is 10.1. The first-order valence-corrected chi connectivity index (χ1v) is 5.56. The predicted octanol–water partition coefficient (Wildman–Crippen LogP) is 1.19. The van der Waals surface area contributed by atoms with Crippen LogP contribution in [0.1, 0.15) is 33.6 Å². The average Bonchev–Trinajstić information content (AvgIpc) is 2.20. The highest BCUT2D eigenvalue weighted by Gasteiger charge is 2.21. The van der Waals surface area contributed by atoms with Gasteiger partial charge in [0.1, 0.15) is 11.4 Å². The van der Waals surface area contributed by atoms with Crippen LogP contribution in [-0.4, -0.2) is 36.7 Å². The Morgan fingerprint density at radius 2 is 1.89 bits per heavy atom. The maximum atomic E-state index is 11.5. The van der Waals surface area contributed by atoms with Gasteiger partial charge in [0.2, 0.25) is 0 Å². The molecular weight excluding hydrogens is 274 g/mol. The monoisotopic (exact) mass is 295 g/mol. The lowest BCUT2D eigenvalue weighted by molar-refractivity contribution is -0.140. The molecule has 0 aromatic carbocycles. The molecule has 0 rings (SSSR count). The minimum Gasteiger partial charge on any atom is -0.469 e. The number of hydrogen-bond donors (Lipinski definition) is 3. The Kier molecular flexibility index (Phi) is 8.95. The van der Waals surface area contributed by atoms with Crippen LogP contribution in [0, 0.1) is 5.41 Å². The van der Waals surface area contributed by atoms with Crippen molar-refractivity contribution in [2.75, 3.05) is 7.11 Å². The van der Waals surface area contributed by atoms with E-state index in [1.54, 1.807) is 20.8 Å². The van der Waals surface area contributed by atoms with Crippen molar-refractivity contribution in [2.24, 2.45) is 5.73 Å². The van der Waals surface area contributed by atoms with Crippen LogP contribution in [-0.2, 0) is 14.3 Å². The molecule has 112 valence electrons. The summed E-state index contributed by atoms with van der Waals surface area (Å²) in [7, 11) is 1.27. The van der Waals surface area contributed by atoms with Gasteiger partial charge in [0.15, 0.2) is 0 Å². The summed E-state index contributed by atoms with van der Waals surface area (Å²) in [6.07, 6.45) is -0.412. The van der Waals surface area contributed by atoms with Crippen LogP contribution >= 0.6 is 12.4 Å². The Hall–Kier alpha value is -1.50. The fraction of sp³-hybridized carbons (Fsp3) is 0.727. The quantitative estimate of drug-likeness (QED) is 0.400. The molecule has 1 atom stereocenters. The van der Waals surface area contributed by atoms with E-state index >= 15 is 0 Å². The lowest BCUT2D eigenvalue weighted by Crippen LogP contribution is -2.46. The second kappa shape index (κ2) is 8.58. The summed E-state index contributed by atoms with van der Waals surface area (Å²) < 4.78 is 9.50. The molecule has 0 radical (unpaired) electrons. The minimum atomic E-state index is -0.737. The normalized spacial score (nSPS) is 11.8. The molecule has 0 aromatic rings. The topological polar surface area (TPSA) is 114 Å². The van der Waals surface area contributed by atoms with Gasteiger partial charge in [-0.15, -0.1) is 12.4 Å². The van der Waals surface area contributed by atoms with Gasteiger partial charge in [0.25, 0.3) is 0 Å². The first-order valence-electron chi connectivity index (χ1n) is 5.56.